The number of carbonyl (C=O) groups is 1. The molecule has 2 aliphatic rings. The molecule has 0 bridgehead atoms. The van der Waals surface area contributed by atoms with Crippen molar-refractivity contribution in [2.75, 3.05) is 55.7 Å². The average Bonchev–Trinajstić information content (AvgIpc) is 2.95. The standard InChI is InChI=1S/C18H27N3O4S/c1-2-25-17-6-4-3-5-16(17)21-10-8-20(9-11-21)13-18(22)19-15-7-12-26(23,24)14-15/h3-6,15H,2,7-14H2,1H3,(H,19,22)/t15-/m1/s1. The highest BCUT2D eigenvalue weighted by molar-refractivity contribution is 7.91. The van der Waals surface area contributed by atoms with Crippen molar-refractivity contribution >= 4 is 21.4 Å². The van der Waals surface area contributed by atoms with Crippen LogP contribution in [0.2, 0.25) is 0 Å². The minimum Gasteiger partial charge on any atom is -0.492 e. The number of ether oxygens (including phenoxy) is 1. The van der Waals surface area contributed by atoms with Gasteiger partial charge in [0.05, 0.1) is 30.3 Å². The van der Waals surface area contributed by atoms with Gasteiger partial charge in [-0.05, 0) is 25.5 Å². The Morgan fingerprint density at radius 2 is 1.96 bits per heavy atom. The van der Waals surface area contributed by atoms with E-state index in [1.807, 2.05) is 25.1 Å². The van der Waals surface area contributed by atoms with Crippen molar-refractivity contribution < 1.29 is 17.9 Å². The van der Waals surface area contributed by atoms with Crippen LogP contribution in [-0.2, 0) is 14.6 Å². The van der Waals surface area contributed by atoms with Gasteiger partial charge in [0.1, 0.15) is 5.75 Å². The van der Waals surface area contributed by atoms with E-state index in [-0.39, 0.29) is 23.5 Å². The van der Waals surface area contributed by atoms with Gasteiger partial charge in [-0.15, -0.1) is 0 Å². The molecule has 1 N–H and O–H groups in total. The molecule has 0 radical (unpaired) electrons. The Balaban J connectivity index is 1.47. The SMILES string of the molecule is CCOc1ccccc1N1CCN(CC(=O)N[C@@H]2CCS(=O)(=O)C2)CC1. The number of hydrogen-bond donors (Lipinski definition) is 1. The highest BCUT2D eigenvalue weighted by atomic mass is 32.2. The molecule has 2 saturated heterocycles. The van der Waals surface area contributed by atoms with Gasteiger partial charge in [-0.1, -0.05) is 12.1 Å². The fourth-order valence-electron chi connectivity index (χ4n) is 3.53. The van der Waals surface area contributed by atoms with Crippen LogP contribution >= 0.6 is 0 Å². The van der Waals surface area contributed by atoms with Gasteiger partial charge in [0.25, 0.3) is 0 Å². The third kappa shape index (κ3) is 4.88. The molecule has 2 fully saturated rings. The van der Waals surface area contributed by atoms with Crippen molar-refractivity contribution in [1.29, 1.82) is 0 Å². The summed E-state index contributed by atoms with van der Waals surface area (Å²) >= 11 is 0. The Hall–Kier alpha value is -1.80. The summed E-state index contributed by atoms with van der Waals surface area (Å²) < 4.78 is 28.7. The number of carbonyl (C=O) groups excluding carboxylic acids is 1. The molecule has 0 aromatic heterocycles. The molecule has 144 valence electrons. The number of para-hydroxylation sites is 2. The minimum atomic E-state index is -2.97. The van der Waals surface area contributed by atoms with E-state index in [2.05, 4.69) is 21.2 Å². The first-order valence-corrected chi connectivity index (χ1v) is 11.0. The second-order valence-electron chi connectivity index (χ2n) is 6.83. The van der Waals surface area contributed by atoms with Gasteiger partial charge in [-0.25, -0.2) is 8.42 Å². The van der Waals surface area contributed by atoms with Gasteiger partial charge in [0.2, 0.25) is 5.91 Å². The highest BCUT2D eigenvalue weighted by Crippen LogP contribution is 2.28. The summed E-state index contributed by atoms with van der Waals surface area (Å²) in [5.74, 6) is 1.05. The minimum absolute atomic E-state index is 0.0702. The van der Waals surface area contributed by atoms with Crippen molar-refractivity contribution in [3.63, 3.8) is 0 Å². The van der Waals surface area contributed by atoms with Crippen molar-refractivity contribution in [1.82, 2.24) is 10.2 Å². The molecular formula is C18H27N3O4S. The first-order chi connectivity index (χ1) is 12.5. The number of sulfone groups is 1. The van der Waals surface area contributed by atoms with E-state index in [1.165, 1.54) is 0 Å². The molecule has 3 rings (SSSR count). The number of amides is 1. The maximum atomic E-state index is 12.2. The first-order valence-electron chi connectivity index (χ1n) is 9.16. The number of nitrogens with zero attached hydrogens (tertiary/aromatic N) is 2. The lowest BCUT2D eigenvalue weighted by molar-refractivity contribution is -0.122. The van der Waals surface area contributed by atoms with E-state index < -0.39 is 9.84 Å². The first kappa shape index (κ1) is 19.0. The second-order valence-corrected chi connectivity index (χ2v) is 9.06. The Bertz CT molecular complexity index is 730. The zero-order valence-corrected chi connectivity index (χ0v) is 16.0. The topological polar surface area (TPSA) is 79.0 Å². The van der Waals surface area contributed by atoms with Crippen LogP contribution in [0.1, 0.15) is 13.3 Å². The van der Waals surface area contributed by atoms with E-state index in [0.29, 0.717) is 19.6 Å². The second kappa shape index (κ2) is 8.26. The molecule has 0 unspecified atom stereocenters. The third-order valence-electron chi connectivity index (χ3n) is 4.84. The van der Waals surface area contributed by atoms with Crippen molar-refractivity contribution in [3.8, 4) is 5.75 Å². The van der Waals surface area contributed by atoms with Crippen LogP contribution in [0.4, 0.5) is 5.69 Å². The van der Waals surface area contributed by atoms with Crippen LogP contribution < -0.4 is 15.0 Å². The molecule has 1 aromatic rings. The number of anilines is 1. The lowest BCUT2D eigenvalue weighted by Crippen LogP contribution is -2.50. The largest absolute Gasteiger partial charge is 0.492 e. The monoisotopic (exact) mass is 381 g/mol. The Kier molecular flexibility index (Phi) is 6.03. The Morgan fingerprint density at radius 1 is 1.23 bits per heavy atom. The normalized spacial score (nSPS) is 23.0. The lowest BCUT2D eigenvalue weighted by atomic mass is 10.2. The maximum Gasteiger partial charge on any atom is 0.234 e. The van der Waals surface area contributed by atoms with Gasteiger partial charge in [0.15, 0.2) is 9.84 Å². The number of rotatable bonds is 6. The Labute approximate surface area is 155 Å². The summed E-state index contributed by atoms with van der Waals surface area (Å²) in [6.07, 6.45) is 0.524. The van der Waals surface area contributed by atoms with Crippen molar-refractivity contribution in [2.45, 2.75) is 19.4 Å². The summed E-state index contributed by atoms with van der Waals surface area (Å²) in [6, 6.07) is 7.79. The number of piperazine rings is 1. The molecule has 0 saturated carbocycles. The van der Waals surface area contributed by atoms with Crippen LogP contribution in [0.15, 0.2) is 24.3 Å². The number of benzene rings is 1. The zero-order chi connectivity index (χ0) is 18.6. The van der Waals surface area contributed by atoms with Crippen LogP contribution in [0, 0.1) is 0 Å². The lowest BCUT2D eigenvalue weighted by Gasteiger charge is -2.36. The molecule has 1 atom stereocenters. The van der Waals surface area contributed by atoms with Gasteiger partial charge >= 0.3 is 0 Å². The van der Waals surface area contributed by atoms with Gasteiger partial charge in [-0.2, -0.15) is 0 Å². The summed E-state index contributed by atoms with van der Waals surface area (Å²) in [4.78, 5) is 16.6. The van der Waals surface area contributed by atoms with Gasteiger partial charge in [-0.3, -0.25) is 9.69 Å². The predicted octanol–water partition coefficient (Wildman–Crippen LogP) is 0.511. The summed E-state index contributed by atoms with van der Waals surface area (Å²) in [5, 5.41) is 2.86. The quantitative estimate of drug-likeness (QED) is 0.774. The predicted molar refractivity (Wildman–Crippen MR) is 101 cm³/mol. The average molecular weight is 381 g/mol. The molecule has 8 heteroatoms. The highest BCUT2D eigenvalue weighted by Gasteiger charge is 2.29. The number of nitrogens with one attached hydrogen (secondary N) is 1. The van der Waals surface area contributed by atoms with Crippen molar-refractivity contribution in [2.24, 2.45) is 0 Å². The molecule has 1 amide bonds. The third-order valence-corrected chi connectivity index (χ3v) is 6.61. The van der Waals surface area contributed by atoms with Crippen LogP contribution in [-0.4, -0.2) is 76.1 Å². The fourth-order valence-corrected chi connectivity index (χ4v) is 5.20. The maximum absolute atomic E-state index is 12.2. The number of hydrogen-bond acceptors (Lipinski definition) is 6. The Morgan fingerprint density at radius 3 is 2.62 bits per heavy atom. The van der Waals surface area contributed by atoms with E-state index in [0.717, 1.165) is 37.6 Å². The van der Waals surface area contributed by atoms with Crippen LogP contribution in [0.3, 0.4) is 0 Å². The molecule has 0 aliphatic carbocycles. The summed E-state index contributed by atoms with van der Waals surface area (Å²) in [6.45, 7) is 6.16. The summed E-state index contributed by atoms with van der Waals surface area (Å²) in [7, 11) is -2.97. The molecular weight excluding hydrogens is 354 g/mol. The summed E-state index contributed by atoms with van der Waals surface area (Å²) in [5.41, 5.74) is 1.09. The molecule has 2 aliphatic heterocycles. The van der Waals surface area contributed by atoms with Gasteiger partial charge < -0.3 is 15.0 Å². The van der Waals surface area contributed by atoms with Crippen molar-refractivity contribution in [3.05, 3.63) is 24.3 Å². The van der Waals surface area contributed by atoms with Crippen LogP contribution in [0.25, 0.3) is 0 Å². The molecule has 7 nitrogen and oxygen atoms in total. The molecule has 26 heavy (non-hydrogen) atoms. The zero-order valence-electron chi connectivity index (χ0n) is 15.2. The van der Waals surface area contributed by atoms with E-state index in [4.69, 9.17) is 4.74 Å². The molecule has 0 spiro atoms. The van der Waals surface area contributed by atoms with E-state index in [1.54, 1.807) is 0 Å². The van der Waals surface area contributed by atoms with E-state index >= 15 is 0 Å². The fraction of sp³-hybridized carbons (Fsp3) is 0.611. The van der Waals surface area contributed by atoms with Gasteiger partial charge in [0, 0.05) is 32.2 Å². The van der Waals surface area contributed by atoms with E-state index in [9.17, 15) is 13.2 Å². The molecule has 1 aromatic carbocycles. The smallest absolute Gasteiger partial charge is 0.234 e. The molecule has 2 heterocycles. The van der Waals surface area contributed by atoms with Crippen LogP contribution in [0.5, 0.6) is 5.75 Å².